The van der Waals surface area contributed by atoms with E-state index in [2.05, 4.69) is 0 Å². The summed E-state index contributed by atoms with van der Waals surface area (Å²) in [4.78, 5) is 13.8. The van der Waals surface area contributed by atoms with E-state index in [4.69, 9.17) is 11.6 Å². The van der Waals surface area contributed by atoms with Gasteiger partial charge in [-0.3, -0.25) is 4.79 Å². The van der Waals surface area contributed by atoms with Crippen LogP contribution < -0.4 is 0 Å². The highest BCUT2D eigenvalue weighted by molar-refractivity contribution is 6.18. The Labute approximate surface area is 121 Å². The summed E-state index contributed by atoms with van der Waals surface area (Å²) in [6, 6.07) is 1.35. The van der Waals surface area contributed by atoms with Gasteiger partial charge in [0.2, 0.25) is 0 Å². The molecule has 0 aliphatic heterocycles. The van der Waals surface area contributed by atoms with Crippen molar-refractivity contribution in [3.8, 4) is 0 Å². The molecule has 0 aliphatic carbocycles. The van der Waals surface area contributed by atoms with Gasteiger partial charge >= 0.3 is 0 Å². The number of amides is 1. The Morgan fingerprint density at radius 1 is 1.20 bits per heavy atom. The van der Waals surface area contributed by atoms with Gasteiger partial charge < -0.3 is 4.90 Å². The SMILES string of the molecule is CCC(CC)N(CCCl)C(=O)c1cc(F)c(F)c(F)c1. The van der Waals surface area contributed by atoms with E-state index in [0.717, 1.165) is 0 Å². The topological polar surface area (TPSA) is 20.3 Å². The van der Waals surface area contributed by atoms with E-state index in [1.54, 1.807) is 0 Å². The predicted octanol–water partition coefficient (Wildman–Crippen LogP) is 3.97. The number of rotatable bonds is 6. The fourth-order valence-electron chi connectivity index (χ4n) is 2.12. The van der Waals surface area contributed by atoms with Gasteiger partial charge in [-0.25, -0.2) is 13.2 Å². The van der Waals surface area contributed by atoms with Crippen LogP contribution in [0, 0.1) is 17.5 Å². The Balaban J connectivity index is 3.12. The Morgan fingerprint density at radius 3 is 2.10 bits per heavy atom. The van der Waals surface area contributed by atoms with Crippen molar-refractivity contribution in [2.45, 2.75) is 32.7 Å². The molecule has 0 N–H and O–H groups in total. The van der Waals surface area contributed by atoms with Crippen molar-refractivity contribution < 1.29 is 18.0 Å². The number of hydrogen-bond donors (Lipinski definition) is 0. The van der Waals surface area contributed by atoms with Crippen molar-refractivity contribution in [1.82, 2.24) is 4.90 Å². The summed E-state index contributed by atoms with van der Waals surface area (Å²) in [6.45, 7) is 4.09. The molecule has 0 spiro atoms. The lowest BCUT2D eigenvalue weighted by Gasteiger charge is -2.30. The molecule has 20 heavy (non-hydrogen) atoms. The van der Waals surface area contributed by atoms with Crippen LogP contribution in [0.2, 0.25) is 0 Å². The molecule has 0 atom stereocenters. The van der Waals surface area contributed by atoms with Crippen LogP contribution in [-0.2, 0) is 0 Å². The quantitative estimate of drug-likeness (QED) is 0.575. The third kappa shape index (κ3) is 3.66. The fourth-order valence-corrected chi connectivity index (χ4v) is 2.30. The number of benzene rings is 1. The Bertz CT molecular complexity index is 454. The Morgan fingerprint density at radius 2 is 1.70 bits per heavy atom. The summed E-state index contributed by atoms with van der Waals surface area (Å²) in [5.74, 6) is -4.65. The van der Waals surface area contributed by atoms with Gasteiger partial charge in [-0.2, -0.15) is 0 Å². The molecule has 1 amide bonds. The zero-order valence-corrected chi connectivity index (χ0v) is 12.2. The number of halogens is 4. The van der Waals surface area contributed by atoms with Gasteiger partial charge in [-0.15, -0.1) is 11.6 Å². The molecule has 112 valence electrons. The van der Waals surface area contributed by atoms with Gasteiger partial charge in [-0.05, 0) is 25.0 Å². The molecular weight excluding hydrogens is 291 g/mol. The average molecular weight is 308 g/mol. The number of nitrogens with zero attached hydrogens (tertiary/aromatic N) is 1. The molecule has 0 saturated heterocycles. The molecule has 1 aromatic rings. The van der Waals surface area contributed by atoms with E-state index in [1.165, 1.54) is 4.90 Å². The Kier molecular flexibility index (Phi) is 6.33. The van der Waals surface area contributed by atoms with Gasteiger partial charge in [0, 0.05) is 24.0 Å². The fraction of sp³-hybridized carbons (Fsp3) is 0.500. The first-order chi connectivity index (χ1) is 9.46. The molecule has 0 heterocycles. The van der Waals surface area contributed by atoms with Gasteiger partial charge in [0.25, 0.3) is 5.91 Å². The van der Waals surface area contributed by atoms with Crippen LogP contribution >= 0.6 is 11.6 Å². The molecule has 0 unspecified atom stereocenters. The van der Waals surface area contributed by atoms with Crippen LogP contribution in [0.15, 0.2) is 12.1 Å². The van der Waals surface area contributed by atoms with Gasteiger partial charge in [0.05, 0.1) is 0 Å². The third-order valence-electron chi connectivity index (χ3n) is 3.20. The lowest BCUT2D eigenvalue weighted by atomic mass is 10.1. The predicted molar refractivity (Wildman–Crippen MR) is 72.4 cm³/mol. The molecule has 0 fully saturated rings. The largest absolute Gasteiger partial charge is 0.334 e. The average Bonchev–Trinajstić information content (AvgIpc) is 2.43. The monoisotopic (exact) mass is 307 g/mol. The molecule has 0 aliphatic rings. The summed E-state index contributed by atoms with van der Waals surface area (Å²) in [5.41, 5.74) is -0.210. The van der Waals surface area contributed by atoms with E-state index < -0.39 is 23.4 Å². The summed E-state index contributed by atoms with van der Waals surface area (Å²) in [6.07, 6.45) is 1.40. The normalized spacial score (nSPS) is 10.9. The highest BCUT2D eigenvalue weighted by Crippen LogP contribution is 2.18. The molecule has 2 nitrogen and oxygen atoms in total. The molecular formula is C14H17ClF3NO. The van der Waals surface area contributed by atoms with Crippen molar-refractivity contribution in [2.75, 3.05) is 12.4 Å². The minimum Gasteiger partial charge on any atom is -0.334 e. The number of hydrogen-bond acceptors (Lipinski definition) is 1. The molecule has 0 aromatic heterocycles. The Hall–Kier alpha value is -1.23. The van der Waals surface area contributed by atoms with Crippen molar-refractivity contribution in [3.05, 3.63) is 35.1 Å². The smallest absolute Gasteiger partial charge is 0.254 e. The highest BCUT2D eigenvalue weighted by Gasteiger charge is 2.24. The maximum Gasteiger partial charge on any atom is 0.254 e. The first-order valence-electron chi connectivity index (χ1n) is 6.47. The lowest BCUT2D eigenvalue weighted by Crippen LogP contribution is -2.41. The molecule has 0 bridgehead atoms. The first-order valence-corrected chi connectivity index (χ1v) is 7.01. The van der Waals surface area contributed by atoms with Crippen LogP contribution in [0.4, 0.5) is 13.2 Å². The summed E-state index contributed by atoms with van der Waals surface area (Å²) in [7, 11) is 0. The van der Waals surface area contributed by atoms with Crippen LogP contribution in [0.25, 0.3) is 0 Å². The van der Waals surface area contributed by atoms with Crippen LogP contribution in [0.1, 0.15) is 37.0 Å². The second kappa shape index (κ2) is 7.53. The van der Waals surface area contributed by atoms with Crippen LogP contribution in [0.5, 0.6) is 0 Å². The minimum absolute atomic E-state index is 0.0718. The van der Waals surface area contributed by atoms with E-state index in [1.807, 2.05) is 13.8 Å². The summed E-state index contributed by atoms with van der Waals surface area (Å²) < 4.78 is 39.3. The third-order valence-corrected chi connectivity index (χ3v) is 3.37. The molecule has 6 heteroatoms. The lowest BCUT2D eigenvalue weighted by molar-refractivity contribution is 0.0680. The van der Waals surface area contributed by atoms with Crippen molar-refractivity contribution >= 4 is 17.5 Å². The summed E-state index contributed by atoms with van der Waals surface area (Å²) >= 11 is 5.67. The zero-order valence-electron chi connectivity index (χ0n) is 11.4. The first kappa shape index (κ1) is 16.8. The van der Waals surface area contributed by atoms with Gasteiger partial charge in [0.1, 0.15) is 0 Å². The van der Waals surface area contributed by atoms with E-state index in [-0.39, 0.29) is 24.0 Å². The number of carbonyl (C=O) groups is 1. The van der Waals surface area contributed by atoms with E-state index in [0.29, 0.717) is 25.0 Å². The highest BCUT2D eigenvalue weighted by atomic mass is 35.5. The standard InChI is InChI=1S/C14H17ClF3NO/c1-3-10(4-2)19(6-5-15)14(20)9-7-11(16)13(18)12(17)8-9/h7-8,10H,3-6H2,1-2H3. The molecule has 0 saturated carbocycles. The summed E-state index contributed by atoms with van der Waals surface area (Å²) in [5, 5.41) is 0. The maximum atomic E-state index is 13.2. The number of alkyl halides is 1. The molecule has 1 aromatic carbocycles. The van der Waals surface area contributed by atoms with Crippen molar-refractivity contribution in [1.29, 1.82) is 0 Å². The molecule has 1 rings (SSSR count). The van der Waals surface area contributed by atoms with Crippen molar-refractivity contribution in [2.24, 2.45) is 0 Å². The van der Waals surface area contributed by atoms with Gasteiger partial charge in [-0.1, -0.05) is 13.8 Å². The minimum atomic E-state index is -1.58. The van der Waals surface area contributed by atoms with Crippen molar-refractivity contribution in [3.63, 3.8) is 0 Å². The second-order valence-electron chi connectivity index (χ2n) is 4.41. The number of carbonyl (C=O) groups excluding carboxylic acids is 1. The zero-order chi connectivity index (χ0) is 15.3. The second-order valence-corrected chi connectivity index (χ2v) is 4.79. The van der Waals surface area contributed by atoms with Gasteiger partial charge in [0.15, 0.2) is 17.5 Å². The van der Waals surface area contributed by atoms with Crippen LogP contribution in [-0.4, -0.2) is 29.3 Å². The molecule has 0 radical (unpaired) electrons. The van der Waals surface area contributed by atoms with E-state index in [9.17, 15) is 18.0 Å². The maximum absolute atomic E-state index is 13.2. The van der Waals surface area contributed by atoms with E-state index >= 15 is 0 Å². The van der Waals surface area contributed by atoms with Crippen LogP contribution in [0.3, 0.4) is 0 Å².